The van der Waals surface area contributed by atoms with Crippen LogP contribution in [0.5, 0.6) is 0 Å². The van der Waals surface area contributed by atoms with Crippen LogP contribution in [0.4, 0.5) is 4.79 Å². The Kier molecular flexibility index (Phi) is 6.28. The van der Waals surface area contributed by atoms with Crippen molar-refractivity contribution >= 4 is 23.6 Å². The van der Waals surface area contributed by atoms with Gasteiger partial charge in [0.05, 0.1) is 5.92 Å². The lowest BCUT2D eigenvalue weighted by Gasteiger charge is -2.31. The van der Waals surface area contributed by atoms with Gasteiger partial charge in [-0.2, -0.15) is 0 Å². The van der Waals surface area contributed by atoms with Gasteiger partial charge in [0.25, 0.3) is 0 Å². The topological polar surface area (TPSA) is 69.6 Å². The zero-order valence-electron chi connectivity index (χ0n) is 13.3. The fourth-order valence-electron chi connectivity index (χ4n) is 2.80. The number of carboxylic acid groups (broad SMARTS) is 1. The molecule has 23 heavy (non-hydrogen) atoms. The predicted octanol–water partition coefficient (Wildman–Crippen LogP) is 3.17. The van der Waals surface area contributed by atoms with E-state index in [9.17, 15) is 9.59 Å². The lowest BCUT2D eigenvalue weighted by atomic mass is 9.97. The van der Waals surface area contributed by atoms with Gasteiger partial charge in [-0.25, -0.2) is 4.79 Å². The van der Waals surface area contributed by atoms with Crippen molar-refractivity contribution in [1.82, 2.24) is 10.2 Å². The van der Waals surface area contributed by atoms with Gasteiger partial charge in [-0.3, -0.25) is 4.79 Å². The average molecular weight is 339 g/mol. The maximum Gasteiger partial charge on any atom is 0.317 e. The number of piperidine rings is 1. The lowest BCUT2D eigenvalue weighted by molar-refractivity contribution is -0.143. The fourth-order valence-corrected chi connectivity index (χ4v) is 2.92. The van der Waals surface area contributed by atoms with Gasteiger partial charge in [0, 0.05) is 24.2 Å². The molecule has 0 radical (unpaired) electrons. The summed E-state index contributed by atoms with van der Waals surface area (Å²) in [5.74, 6) is -1.09. The highest BCUT2D eigenvalue weighted by Gasteiger charge is 2.27. The first kappa shape index (κ1) is 17.6. The van der Waals surface area contributed by atoms with Crippen LogP contribution in [0, 0.1) is 5.92 Å². The number of halogens is 1. The van der Waals surface area contributed by atoms with Gasteiger partial charge < -0.3 is 15.3 Å². The maximum absolute atomic E-state index is 12.3. The molecule has 1 unspecified atom stereocenters. The van der Waals surface area contributed by atoms with E-state index in [1.54, 1.807) is 4.90 Å². The van der Waals surface area contributed by atoms with E-state index in [0.29, 0.717) is 31.0 Å². The van der Waals surface area contributed by atoms with Crippen molar-refractivity contribution in [2.75, 3.05) is 13.1 Å². The number of amides is 2. The highest BCUT2D eigenvalue weighted by Crippen LogP contribution is 2.18. The first-order valence-corrected chi connectivity index (χ1v) is 8.40. The fraction of sp³-hybridized carbons (Fsp3) is 0.529. The van der Waals surface area contributed by atoms with Crippen LogP contribution in [0.1, 0.15) is 31.7 Å². The van der Waals surface area contributed by atoms with Gasteiger partial charge in [-0.1, -0.05) is 30.7 Å². The average Bonchev–Trinajstić information content (AvgIpc) is 2.56. The molecule has 2 amide bonds. The van der Waals surface area contributed by atoms with E-state index in [1.807, 2.05) is 31.2 Å². The number of aliphatic carboxylic acids is 1. The third-order valence-electron chi connectivity index (χ3n) is 4.35. The molecular formula is C17H23ClN2O3. The second-order valence-corrected chi connectivity index (χ2v) is 6.42. The largest absolute Gasteiger partial charge is 0.481 e. The van der Waals surface area contributed by atoms with Crippen LogP contribution in [0.3, 0.4) is 0 Å². The third-order valence-corrected chi connectivity index (χ3v) is 4.60. The number of nitrogens with zero attached hydrogens (tertiary/aromatic N) is 1. The first-order valence-electron chi connectivity index (χ1n) is 8.02. The molecule has 0 saturated carbocycles. The monoisotopic (exact) mass is 338 g/mol. The second kappa shape index (κ2) is 8.20. The molecule has 126 valence electrons. The van der Waals surface area contributed by atoms with Gasteiger partial charge in [0.2, 0.25) is 0 Å². The number of benzene rings is 1. The summed E-state index contributed by atoms with van der Waals surface area (Å²) in [6.07, 6.45) is 2.64. The zero-order valence-corrected chi connectivity index (χ0v) is 14.1. The number of likely N-dealkylation sites (tertiary alicyclic amines) is 1. The Morgan fingerprint density at radius 3 is 2.43 bits per heavy atom. The van der Waals surface area contributed by atoms with Gasteiger partial charge >= 0.3 is 12.0 Å². The van der Waals surface area contributed by atoms with E-state index in [-0.39, 0.29) is 18.0 Å². The standard InChI is InChI=1S/C17H23ClN2O3/c1-2-15(11-12-3-5-14(18)6-4-12)19-17(23)20-9-7-13(8-10-20)16(21)22/h3-6,13,15H,2,7-11H2,1H3,(H,19,23)(H,21,22). The van der Waals surface area contributed by atoms with Crippen molar-refractivity contribution in [3.63, 3.8) is 0 Å². The number of rotatable bonds is 5. The minimum atomic E-state index is -0.765. The summed E-state index contributed by atoms with van der Waals surface area (Å²) in [4.78, 5) is 25.0. The number of urea groups is 1. The Balaban J connectivity index is 1.85. The van der Waals surface area contributed by atoms with Crippen molar-refractivity contribution in [3.8, 4) is 0 Å². The van der Waals surface area contributed by atoms with Gasteiger partial charge in [-0.05, 0) is 43.4 Å². The Morgan fingerprint density at radius 1 is 1.30 bits per heavy atom. The van der Waals surface area contributed by atoms with E-state index < -0.39 is 5.97 Å². The summed E-state index contributed by atoms with van der Waals surface area (Å²) >= 11 is 5.88. The zero-order chi connectivity index (χ0) is 16.8. The minimum absolute atomic E-state index is 0.0564. The number of carbonyl (C=O) groups excluding carboxylic acids is 1. The van der Waals surface area contributed by atoms with Crippen molar-refractivity contribution in [3.05, 3.63) is 34.9 Å². The molecule has 6 heteroatoms. The molecule has 1 aliphatic rings. The Bertz CT molecular complexity index is 539. The van der Waals surface area contributed by atoms with E-state index >= 15 is 0 Å². The van der Waals surface area contributed by atoms with Gasteiger partial charge in [0.15, 0.2) is 0 Å². The Labute approximate surface area is 141 Å². The highest BCUT2D eigenvalue weighted by molar-refractivity contribution is 6.30. The molecule has 1 saturated heterocycles. The number of carboxylic acids is 1. The molecule has 0 spiro atoms. The Morgan fingerprint density at radius 2 is 1.91 bits per heavy atom. The van der Waals surface area contributed by atoms with Crippen LogP contribution in [0.15, 0.2) is 24.3 Å². The smallest absolute Gasteiger partial charge is 0.317 e. The SMILES string of the molecule is CCC(Cc1ccc(Cl)cc1)NC(=O)N1CCC(C(=O)O)CC1. The van der Waals surface area contributed by atoms with Crippen molar-refractivity contribution in [2.24, 2.45) is 5.92 Å². The lowest BCUT2D eigenvalue weighted by Crippen LogP contribution is -2.48. The van der Waals surface area contributed by atoms with Crippen LogP contribution in [0.25, 0.3) is 0 Å². The van der Waals surface area contributed by atoms with E-state index in [0.717, 1.165) is 18.4 Å². The normalized spacial score (nSPS) is 16.9. The van der Waals surface area contributed by atoms with Crippen molar-refractivity contribution in [1.29, 1.82) is 0 Å². The predicted molar refractivity (Wildman–Crippen MR) is 89.7 cm³/mol. The van der Waals surface area contributed by atoms with E-state index in [1.165, 1.54) is 0 Å². The summed E-state index contributed by atoms with van der Waals surface area (Å²) in [6.45, 7) is 3.04. The molecule has 1 heterocycles. The number of hydrogen-bond donors (Lipinski definition) is 2. The molecule has 1 aromatic rings. The molecule has 2 rings (SSSR count). The van der Waals surface area contributed by atoms with Crippen molar-refractivity contribution < 1.29 is 14.7 Å². The van der Waals surface area contributed by atoms with Crippen LogP contribution < -0.4 is 5.32 Å². The molecule has 0 aromatic heterocycles. The molecule has 1 aliphatic heterocycles. The molecule has 1 aromatic carbocycles. The van der Waals surface area contributed by atoms with E-state index in [2.05, 4.69) is 5.32 Å². The van der Waals surface area contributed by atoms with Gasteiger partial charge in [-0.15, -0.1) is 0 Å². The third kappa shape index (κ3) is 5.13. The highest BCUT2D eigenvalue weighted by atomic mass is 35.5. The van der Waals surface area contributed by atoms with Crippen molar-refractivity contribution in [2.45, 2.75) is 38.6 Å². The number of carbonyl (C=O) groups is 2. The Hall–Kier alpha value is -1.75. The quantitative estimate of drug-likeness (QED) is 0.866. The first-order chi connectivity index (χ1) is 11.0. The molecule has 1 fully saturated rings. The molecular weight excluding hydrogens is 316 g/mol. The van der Waals surface area contributed by atoms with Crippen LogP contribution in [-0.4, -0.2) is 41.1 Å². The molecule has 0 bridgehead atoms. The summed E-state index contributed by atoms with van der Waals surface area (Å²) in [5.41, 5.74) is 1.13. The van der Waals surface area contributed by atoms with Crippen LogP contribution in [0.2, 0.25) is 5.02 Å². The molecule has 5 nitrogen and oxygen atoms in total. The molecule has 0 aliphatic carbocycles. The van der Waals surface area contributed by atoms with Crippen LogP contribution >= 0.6 is 11.6 Å². The minimum Gasteiger partial charge on any atom is -0.481 e. The summed E-state index contributed by atoms with van der Waals surface area (Å²) in [6, 6.07) is 7.59. The maximum atomic E-state index is 12.3. The summed E-state index contributed by atoms with van der Waals surface area (Å²) in [7, 11) is 0. The van der Waals surface area contributed by atoms with E-state index in [4.69, 9.17) is 16.7 Å². The second-order valence-electron chi connectivity index (χ2n) is 5.98. The molecule has 1 atom stereocenters. The van der Waals surface area contributed by atoms with Gasteiger partial charge in [0.1, 0.15) is 0 Å². The number of nitrogens with one attached hydrogen (secondary N) is 1. The number of hydrogen-bond acceptors (Lipinski definition) is 2. The summed E-state index contributed by atoms with van der Waals surface area (Å²) in [5, 5.41) is 12.8. The summed E-state index contributed by atoms with van der Waals surface area (Å²) < 4.78 is 0. The van der Waals surface area contributed by atoms with Crippen LogP contribution in [-0.2, 0) is 11.2 Å². The molecule has 2 N–H and O–H groups in total.